The zero-order valence-electron chi connectivity index (χ0n) is 11.7. The van der Waals surface area contributed by atoms with E-state index < -0.39 is 66.7 Å². The molecule has 0 aliphatic carbocycles. The number of hydrogen-bond acceptors (Lipinski definition) is 6. The van der Waals surface area contributed by atoms with Gasteiger partial charge < -0.3 is 10.2 Å². The lowest BCUT2D eigenvalue weighted by molar-refractivity contribution is -0.137. The fraction of sp³-hybridized carbons (Fsp3) is 0.417. The van der Waals surface area contributed by atoms with Gasteiger partial charge in [-0.1, -0.05) is 0 Å². The molecule has 2 atom stereocenters. The Morgan fingerprint density at radius 1 is 1.26 bits per heavy atom. The number of benzene rings is 1. The molecule has 0 bridgehead atoms. The SMILES string of the molecule is O=C(O)CN([C@H]1CS(=O)(=O)C[C@H]1O)S(=O)(=O)c1ccc(F)cc1. The number of aliphatic hydroxyl groups excluding tert-OH is 1. The molecule has 0 spiro atoms. The predicted octanol–water partition coefficient (Wildman–Crippen LogP) is -0.941. The fourth-order valence-corrected chi connectivity index (χ4v) is 5.84. The molecule has 1 aromatic carbocycles. The van der Waals surface area contributed by atoms with Gasteiger partial charge in [0.15, 0.2) is 9.84 Å². The second kappa shape index (κ2) is 6.15. The van der Waals surface area contributed by atoms with Crippen molar-refractivity contribution < 1.29 is 36.2 Å². The number of rotatable bonds is 5. The van der Waals surface area contributed by atoms with Crippen LogP contribution < -0.4 is 0 Å². The monoisotopic (exact) mass is 367 g/mol. The Morgan fingerprint density at radius 3 is 2.26 bits per heavy atom. The number of carboxylic acid groups (broad SMARTS) is 1. The summed E-state index contributed by atoms with van der Waals surface area (Å²) >= 11 is 0. The van der Waals surface area contributed by atoms with Crippen LogP contribution in [0.4, 0.5) is 4.39 Å². The summed E-state index contributed by atoms with van der Waals surface area (Å²) in [4.78, 5) is 10.6. The van der Waals surface area contributed by atoms with E-state index >= 15 is 0 Å². The summed E-state index contributed by atoms with van der Waals surface area (Å²) in [5.41, 5.74) is 0. The van der Waals surface area contributed by atoms with Crippen molar-refractivity contribution in [3.05, 3.63) is 30.1 Å². The maximum Gasteiger partial charge on any atom is 0.318 e. The zero-order chi connectivity index (χ0) is 17.4. The molecular weight excluding hydrogens is 353 g/mol. The molecule has 1 aliphatic heterocycles. The minimum Gasteiger partial charge on any atom is -0.480 e. The molecule has 1 heterocycles. The summed E-state index contributed by atoms with van der Waals surface area (Å²) in [7, 11) is -8.10. The molecule has 0 saturated carbocycles. The molecule has 0 amide bonds. The first-order valence-electron chi connectivity index (χ1n) is 6.40. The first kappa shape index (κ1) is 17.8. The number of hydrogen-bond donors (Lipinski definition) is 2. The summed E-state index contributed by atoms with van der Waals surface area (Å²) in [6.45, 7) is -1.02. The topological polar surface area (TPSA) is 129 Å². The van der Waals surface area contributed by atoms with Crippen LogP contribution in [0.15, 0.2) is 29.2 Å². The number of aliphatic carboxylic acids is 1. The molecule has 0 radical (unpaired) electrons. The molecule has 1 aromatic rings. The number of carbonyl (C=O) groups is 1. The summed E-state index contributed by atoms with van der Waals surface area (Å²) in [5, 5.41) is 18.7. The highest BCUT2D eigenvalue weighted by molar-refractivity contribution is 7.92. The highest BCUT2D eigenvalue weighted by Gasteiger charge is 2.45. The van der Waals surface area contributed by atoms with Crippen LogP contribution in [0.3, 0.4) is 0 Å². The van der Waals surface area contributed by atoms with E-state index in [0.29, 0.717) is 4.31 Å². The van der Waals surface area contributed by atoms with E-state index in [0.717, 1.165) is 24.3 Å². The molecule has 8 nitrogen and oxygen atoms in total. The van der Waals surface area contributed by atoms with Gasteiger partial charge in [0.1, 0.15) is 12.4 Å². The molecule has 1 saturated heterocycles. The number of sulfone groups is 1. The van der Waals surface area contributed by atoms with E-state index in [9.17, 15) is 31.1 Å². The van der Waals surface area contributed by atoms with Gasteiger partial charge in [-0.05, 0) is 24.3 Å². The van der Waals surface area contributed by atoms with Crippen molar-refractivity contribution >= 4 is 25.8 Å². The summed E-state index contributed by atoms with van der Waals surface area (Å²) in [6, 6.07) is 2.23. The number of sulfonamides is 1. The lowest BCUT2D eigenvalue weighted by Crippen LogP contribution is -2.48. The molecule has 2 N–H and O–H groups in total. The molecule has 1 aliphatic rings. The number of halogens is 1. The Morgan fingerprint density at radius 2 is 1.83 bits per heavy atom. The average molecular weight is 367 g/mol. The molecule has 11 heteroatoms. The Balaban J connectivity index is 2.46. The van der Waals surface area contributed by atoms with Crippen molar-refractivity contribution in [2.24, 2.45) is 0 Å². The maximum atomic E-state index is 12.9. The molecule has 23 heavy (non-hydrogen) atoms. The first-order valence-corrected chi connectivity index (χ1v) is 9.67. The molecule has 1 fully saturated rings. The zero-order valence-corrected chi connectivity index (χ0v) is 13.3. The van der Waals surface area contributed by atoms with Crippen molar-refractivity contribution in [3.63, 3.8) is 0 Å². The van der Waals surface area contributed by atoms with Crippen LogP contribution in [0.1, 0.15) is 0 Å². The minimum absolute atomic E-state index is 0.392. The molecule has 0 aromatic heterocycles. The van der Waals surface area contributed by atoms with Crippen LogP contribution in [-0.4, -0.2) is 67.5 Å². The van der Waals surface area contributed by atoms with Crippen molar-refractivity contribution in [3.8, 4) is 0 Å². The summed E-state index contributed by atoms with van der Waals surface area (Å²) in [6.07, 6.45) is -1.53. The van der Waals surface area contributed by atoms with E-state index in [2.05, 4.69) is 0 Å². The van der Waals surface area contributed by atoms with Gasteiger partial charge in [-0.25, -0.2) is 21.2 Å². The van der Waals surface area contributed by atoms with Gasteiger partial charge in [-0.15, -0.1) is 0 Å². The molecule has 2 rings (SSSR count). The molecule has 0 unspecified atom stereocenters. The molecule has 128 valence electrons. The van der Waals surface area contributed by atoms with Crippen LogP contribution in [0, 0.1) is 5.82 Å². The number of aliphatic hydroxyl groups is 1. The Hall–Kier alpha value is -1.56. The van der Waals surface area contributed by atoms with Gasteiger partial charge in [0, 0.05) is 0 Å². The largest absolute Gasteiger partial charge is 0.480 e. The van der Waals surface area contributed by atoms with Gasteiger partial charge >= 0.3 is 5.97 Å². The van der Waals surface area contributed by atoms with E-state index in [1.54, 1.807) is 0 Å². The average Bonchev–Trinajstić information content (AvgIpc) is 2.69. The van der Waals surface area contributed by atoms with Crippen LogP contribution in [-0.2, 0) is 24.7 Å². The minimum atomic E-state index is -4.42. The Bertz CT molecular complexity index is 804. The van der Waals surface area contributed by atoms with E-state index in [4.69, 9.17) is 5.11 Å². The van der Waals surface area contributed by atoms with Crippen LogP contribution >= 0.6 is 0 Å². The van der Waals surface area contributed by atoms with Crippen molar-refractivity contribution in [1.82, 2.24) is 4.31 Å². The van der Waals surface area contributed by atoms with Gasteiger partial charge in [0.25, 0.3) is 0 Å². The van der Waals surface area contributed by atoms with Crippen LogP contribution in [0.2, 0.25) is 0 Å². The maximum absolute atomic E-state index is 12.9. The fourth-order valence-electron chi connectivity index (χ4n) is 2.34. The Labute approximate surface area is 132 Å². The third kappa shape index (κ3) is 3.86. The lowest BCUT2D eigenvalue weighted by atomic mass is 10.2. The third-order valence-electron chi connectivity index (χ3n) is 3.37. The standard InChI is InChI=1S/C12H14FNO7S2/c13-8-1-3-9(4-2-8)23(20,21)14(5-12(16)17)10-6-22(18,19)7-11(10)15/h1-4,10-11,15H,5-7H2,(H,16,17)/t10-,11+/m0/s1. The van der Waals surface area contributed by atoms with Crippen LogP contribution in [0.5, 0.6) is 0 Å². The highest BCUT2D eigenvalue weighted by Crippen LogP contribution is 2.25. The highest BCUT2D eigenvalue weighted by atomic mass is 32.2. The van der Waals surface area contributed by atoms with Gasteiger partial charge in [-0.2, -0.15) is 4.31 Å². The van der Waals surface area contributed by atoms with Gasteiger partial charge in [0.2, 0.25) is 10.0 Å². The van der Waals surface area contributed by atoms with E-state index in [1.807, 2.05) is 0 Å². The van der Waals surface area contributed by atoms with E-state index in [1.165, 1.54) is 0 Å². The number of nitrogens with zero attached hydrogens (tertiary/aromatic N) is 1. The Kier molecular flexibility index (Phi) is 4.76. The first-order chi connectivity index (χ1) is 10.5. The quantitative estimate of drug-likeness (QED) is 0.687. The smallest absolute Gasteiger partial charge is 0.318 e. The van der Waals surface area contributed by atoms with Gasteiger partial charge in [0.05, 0.1) is 28.5 Å². The third-order valence-corrected chi connectivity index (χ3v) is 6.96. The number of carboxylic acids is 1. The van der Waals surface area contributed by atoms with Crippen molar-refractivity contribution in [1.29, 1.82) is 0 Å². The van der Waals surface area contributed by atoms with Crippen molar-refractivity contribution in [2.75, 3.05) is 18.1 Å². The summed E-state index contributed by atoms with van der Waals surface area (Å²) < 4.78 is 61.6. The predicted molar refractivity (Wildman–Crippen MR) is 76.4 cm³/mol. The van der Waals surface area contributed by atoms with Crippen LogP contribution in [0.25, 0.3) is 0 Å². The van der Waals surface area contributed by atoms with E-state index in [-0.39, 0.29) is 0 Å². The lowest BCUT2D eigenvalue weighted by Gasteiger charge is -2.27. The van der Waals surface area contributed by atoms with Gasteiger partial charge in [-0.3, -0.25) is 4.79 Å². The second-order valence-electron chi connectivity index (χ2n) is 5.11. The normalized spacial score (nSPS) is 24.0. The van der Waals surface area contributed by atoms with Crippen molar-refractivity contribution in [2.45, 2.75) is 17.0 Å². The second-order valence-corrected chi connectivity index (χ2v) is 9.15. The summed E-state index contributed by atoms with van der Waals surface area (Å²) in [5.74, 6) is -3.52. The molecular formula is C12H14FNO7S2.